The Balaban J connectivity index is 2.26. The first-order valence-electron chi connectivity index (χ1n) is 7.65. The first kappa shape index (κ1) is 16.3. The van der Waals surface area contributed by atoms with Gasteiger partial charge in [0.1, 0.15) is 5.75 Å². The molecule has 0 saturated carbocycles. The van der Waals surface area contributed by atoms with E-state index in [4.69, 9.17) is 4.74 Å². The summed E-state index contributed by atoms with van der Waals surface area (Å²) in [6.07, 6.45) is 3.52. The van der Waals surface area contributed by atoms with Crippen LogP contribution >= 0.6 is 0 Å². The van der Waals surface area contributed by atoms with Gasteiger partial charge in [0.15, 0.2) is 0 Å². The Bertz CT molecular complexity index is 586. The summed E-state index contributed by atoms with van der Waals surface area (Å²) >= 11 is 0. The number of ether oxygens (including phenoxy) is 1. The molecule has 0 spiro atoms. The summed E-state index contributed by atoms with van der Waals surface area (Å²) in [4.78, 5) is 22.3. The number of carbonyl (C=O) groups excluding carboxylic acids is 1. The maximum absolute atomic E-state index is 11.3. The fourth-order valence-electron chi connectivity index (χ4n) is 3.31. The van der Waals surface area contributed by atoms with Gasteiger partial charge < -0.3 is 9.84 Å². The average molecular weight is 302 g/mol. The van der Waals surface area contributed by atoms with E-state index in [0.717, 1.165) is 12.0 Å². The molecule has 0 amide bonds. The highest BCUT2D eigenvalue weighted by molar-refractivity contribution is 5.76. The Hall–Kier alpha value is -2.10. The van der Waals surface area contributed by atoms with E-state index in [9.17, 15) is 14.7 Å². The zero-order valence-electron chi connectivity index (χ0n) is 13.2. The van der Waals surface area contributed by atoms with Gasteiger partial charge in [0.25, 0.3) is 0 Å². The molecule has 0 saturated heterocycles. The van der Waals surface area contributed by atoms with Gasteiger partial charge in [-0.15, -0.1) is 0 Å². The van der Waals surface area contributed by atoms with Crippen molar-refractivity contribution in [1.82, 2.24) is 0 Å². The van der Waals surface area contributed by atoms with Crippen molar-refractivity contribution in [3.63, 3.8) is 0 Å². The molecule has 4 heteroatoms. The molecule has 3 atom stereocenters. The topological polar surface area (TPSA) is 63.6 Å². The number of hydrogen-bond acceptors (Lipinski definition) is 3. The lowest BCUT2D eigenvalue weighted by Crippen LogP contribution is -2.30. The van der Waals surface area contributed by atoms with Gasteiger partial charge >= 0.3 is 11.9 Å². The van der Waals surface area contributed by atoms with Crippen LogP contribution in [0.3, 0.4) is 0 Å². The maximum atomic E-state index is 11.3. The van der Waals surface area contributed by atoms with Crippen LogP contribution in [0.5, 0.6) is 5.75 Å². The van der Waals surface area contributed by atoms with Crippen LogP contribution < -0.4 is 4.74 Å². The van der Waals surface area contributed by atoms with E-state index in [1.54, 1.807) is 12.1 Å². The van der Waals surface area contributed by atoms with E-state index in [2.05, 4.69) is 6.92 Å². The molecule has 0 aliphatic heterocycles. The summed E-state index contributed by atoms with van der Waals surface area (Å²) in [5.74, 6) is -0.503. The second-order valence-corrected chi connectivity index (χ2v) is 5.83. The van der Waals surface area contributed by atoms with Gasteiger partial charge in [-0.3, -0.25) is 9.59 Å². The highest BCUT2D eigenvalue weighted by Gasteiger charge is 2.35. The van der Waals surface area contributed by atoms with Crippen molar-refractivity contribution in [2.45, 2.75) is 33.6 Å². The molecule has 0 unspecified atom stereocenters. The normalized spacial score (nSPS) is 24.5. The summed E-state index contributed by atoms with van der Waals surface area (Å²) in [6.45, 7) is 5.48. The van der Waals surface area contributed by atoms with Crippen molar-refractivity contribution in [2.24, 2.45) is 17.8 Å². The number of carboxylic acids is 1. The Morgan fingerprint density at radius 1 is 1.27 bits per heavy atom. The van der Waals surface area contributed by atoms with Crippen molar-refractivity contribution in [2.75, 3.05) is 0 Å². The van der Waals surface area contributed by atoms with Crippen LogP contribution in [0.1, 0.15) is 39.2 Å². The summed E-state index contributed by atoms with van der Waals surface area (Å²) in [5.41, 5.74) is 2.26. The molecule has 1 aliphatic rings. The zero-order chi connectivity index (χ0) is 16.3. The molecular formula is C18H22O4. The summed E-state index contributed by atoms with van der Waals surface area (Å²) < 4.78 is 5.04. The van der Waals surface area contributed by atoms with Crippen LogP contribution in [0.15, 0.2) is 30.3 Å². The number of esters is 1. The molecule has 0 aromatic heterocycles. The number of carbonyl (C=O) groups is 2. The molecule has 4 nitrogen and oxygen atoms in total. The van der Waals surface area contributed by atoms with Gasteiger partial charge in [-0.2, -0.15) is 0 Å². The van der Waals surface area contributed by atoms with Gasteiger partial charge in [0.05, 0.1) is 5.92 Å². The standard InChI is InChI=1S/C18H22O4/c1-4-15-11(2)16(18(20)21)9-10-17(15)13-5-7-14(8-6-13)22-12(3)19/h5-8,10-11,15-16H,4,9H2,1-3H3,(H,20,21)/t11-,15-,16-/m0/s1. The van der Waals surface area contributed by atoms with Gasteiger partial charge in [-0.05, 0) is 47.9 Å². The predicted molar refractivity (Wildman–Crippen MR) is 84.4 cm³/mol. The second-order valence-electron chi connectivity index (χ2n) is 5.83. The van der Waals surface area contributed by atoms with Crippen LogP contribution in [0.25, 0.3) is 5.57 Å². The fourth-order valence-corrected chi connectivity index (χ4v) is 3.31. The molecule has 1 aromatic carbocycles. The van der Waals surface area contributed by atoms with Crippen molar-refractivity contribution < 1.29 is 19.4 Å². The van der Waals surface area contributed by atoms with E-state index in [1.807, 2.05) is 25.1 Å². The molecule has 0 radical (unpaired) electrons. The minimum Gasteiger partial charge on any atom is -0.481 e. The molecule has 22 heavy (non-hydrogen) atoms. The van der Waals surface area contributed by atoms with Gasteiger partial charge in [-0.1, -0.05) is 32.1 Å². The first-order chi connectivity index (χ1) is 10.4. The number of allylic oxidation sites excluding steroid dienone is 2. The lowest BCUT2D eigenvalue weighted by atomic mass is 9.70. The molecule has 2 rings (SSSR count). The first-order valence-corrected chi connectivity index (χ1v) is 7.65. The molecule has 1 aromatic rings. The SMILES string of the molecule is CC[C@@H]1C(c2ccc(OC(C)=O)cc2)=CC[C@H](C(=O)O)[C@H]1C. The van der Waals surface area contributed by atoms with E-state index in [0.29, 0.717) is 12.2 Å². The Kier molecular flexibility index (Phi) is 5.01. The number of carboxylic acid groups (broad SMARTS) is 1. The van der Waals surface area contributed by atoms with Gasteiger partial charge in [0.2, 0.25) is 0 Å². The van der Waals surface area contributed by atoms with E-state index >= 15 is 0 Å². The van der Waals surface area contributed by atoms with Crippen molar-refractivity contribution in [3.8, 4) is 5.75 Å². The molecule has 118 valence electrons. The largest absolute Gasteiger partial charge is 0.481 e. The van der Waals surface area contributed by atoms with E-state index in [-0.39, 0.29) is 23.7 Å². The van der Waals surface area contributed by atoms with Crippen molar-refractivity contribution in [1.29, 1.82) is 0 Å². The third kappa shape index (κ3) is 3.38. The molecule has 0 bridgehead atoms. The quantitative estimate of drug-likeness (QED) is 0.679. The van der Waals surface area contributed by atoms with Gasteiger partial charge in [-0.25, -0.2) is 0 Å². The monoisotopic (exact) mass is 302 g/mol. The minimum atomic E-state index is -0.716. The highest BCUT2D eigenvalue weighted by atomic mass is 16.5. The van der Waals surface area contributed by atoms with E-state index < -0.39 is 5.97 Å². The number of aliphatic carboxylic acids is 1. The fraction of sp³-hybridized carbons (Fsp3) is 0.444. The third-order valence-corrected chi connectivity index (χ3v) is 4.47. The van der Waals surface area contributed by atoms with Crippen LogP contribution in [-0.2, 0) is 9.59 Å². The zero-order valence-corrected chi connectivity index (χ0v) is 13.2. The van der Waals surface area contributed by atoms with Crippen LogP contribution in [0.4, 0.5) is 0 Å². The van der Waals surface area contributed by atoms with Crippen molar-refractivity contribution >= 4 is 17.5 Å². The lowest BCUT2D eigenvalue weighted by Gasteiger charge is -2.34. The van der Waals surface area contributed by atoms with Gasteiger partial charge in [0, 0.05) is 6.92 Å². The number of hydrogen-bond donors (Lipinski definition) is 1. The van der Waals surface area contributed by atoms with Crippen LogP contribution in [-0.4, -0.2) is 17.0 Å². The molecular weight excluding hydrogens is 280 g/mol. The van der Waals surface area contributed by atoms with Crippen LogP contribution in [0, 0.1) is 17.8 Å². The maximum Gasteiger partial charge on any atom is 0.308 e. The molecule has 1 N–H and O–H groups in total. The number of rotatable bonds is 4. The Morgan fingerprint density at radius 3 is 2.41 bits per heavy atom. The van der Waals surface area contributed by atoms with Crippen molar-refractivity contribution in [3.05, 3.63) is 35.9 Å². The summed E-state index contributed by atoms with van der Waals surface area (Å²) in [5, 5.41) is 9.32. The molecule has 0 heterocycles. The lowest BCUT2D eigenvalue weighted by molar-refractivity contribution is -0.144. The third-order valence-electron chi connectivity index (χ3n) is 4.47. The minimum absolute atomic E-state index is 0.107. The Labute approximate surface area is 130 Å². The molecule has 1 aliphatic carbocycles. The average Bonchev–Trinajstić information content (AvgIpc) is 2.46. The summed E-state index contributed by atoms with van der Waals surface area (Å²) in [7, 11) is 0. The highest BCUT2D eigenvalue weighted by Crippen LogP contribution is 2.41. The molecule has 0 fully saturated rings. The van der Waals surface area contributed by atoms with Crippen LogP contribution in [0.2, 0.25) is 0 Å². The second kappa shape index (κ2) is 6.77. The summed E-state index contributed by atoms with van der Waals surface area (Å²) in [6, 6.07) is 7.41. The van der Waals surface area contributed by atoms with E-state index in [1.165, 1.54) is 12.5 Å². The predicted octanol–water partition coefficient (Wildman–Crippen LogP) is 3.76. The smallest absolute Gasteiger partial charge is 0.308 e. The number of benzene rings is 1. The Morgan fingerprint density at radius 2 is 1.91 bits per heavy atom.